The molecule has 10 radical (unpaired) electrons. The van der Waals surface area contributed by atoms with Gasteiger partial charge in [-0.2, -0.15) is 0 Å². The van der Waals surface area contributed by atoms with Crippen LogP contribution in [0.5, 0.6) is 0 Å². The van der Waals surface area contributed by atoms with Gasteiger partial charge in [0.25, 0.3) is 0 Å². The number of rotatable bonds is 4. The Bertz CT molecular complexity index is 720. The van der Waals surface area contributed by atoms with Crippen LogP contribution in [0.15, 0.2) is 91.0 Å². The zero-order chi connectivity index (χ0) is 21.6. The molecule has 0 N–H and O–H groups in total. The quantitative estimate of drug-likeness (QED) is 0.207. The van der Waals surface area contributed by atoms with Gasteiger partial charge in [-0.05, 0) is 36.7 Å². The fraction of sp³-hybridized carbons (Fsp3) is 0.0345. The van der Waals surface area contributed by atoms with Crippen LogP contribution in [-0.2, 0) is 44.2 Å². The molecule has 0 atom stereocenters. The van der Waals surface area contributed by atoms with Gasteiger partial charge < -0.3 is 11.2 Å². The SMILES string of the molecule is CO[C]1[CH][CH][CH][CH]1.[Au+].[C-]1[CH][CH][CH][CH]1.[Fe].c1ccc(P(c2ccccc2)c2ccccc2)cc1. The first-order chi connectivity index (χ1) is 15.4. The molecule has 172 valence electrons. The van der Waals surface area contributed by atoms with Gasteiger partial charge in [0, 0.05) is 37.0 Å². The summed E-state index contributed by atoms with van der Waals surface area (Å²) in [6.07, 6.45) is 19.2. The first-order valence-corrected chi connectivity index (χ1v) is 11.5. The van der Waals surface area contributed by atoms with Crippen molar-refractivity contribution in [3.63, 3.8) is 0 Å². The number of ether oxygens (including phenoxy) is 1. The van der Waals surface area contributed by atoms with E-state index >= 15 is 0 Å². The normalized spacial score (nSPS) is 14.7. The molecule has 1 nitrogen and oxygen atoms in total. The van der Waals surface area contributed by atoms with E-state index in [1.165, 1.54) is 15.9 Å². The van der Waals surface area contributed by atoms with Gasteiger partial charge in [0.1, 0.15) is 6.10 Å². The van der Waals surface area contributed by atoms with E-state index in [4.69, 9.17) is 4.74 Å². The van der Waals surface area contributed by atoms with E-state index in [1.54, 1.807) is 7.11 Å². The molecule has 2 aliphatic rings. The van der Waals surface area contributed by atoms with Gasteiger partial charge in [-0.1, -0.05) is 104 Å². The number of methoxy groups -OCH3 is 1. The van der Waals surface area contributed by atoms with E-state index < -0.39 is 7.92 Å². The zero-order valence-corrected chi connectivity index (χ0v) is 22.5. The average molecular weight is 674 g/mol. The summed E-state index contributed by atoms with van der Waals surface area (Å²) in [6, 6.07) is 32.3. The molecule has 4 heteroatoms. The summed E-state index contributed by atoms with van der Waals surface area (Å²) in [4.78, 5) is 0. The molecule has 5 rings (SSSR count). The van der Waals surface area contributed by atoms with Crippen LogP contribution in [0.3, 0.4) is 0 Å². The van der Waals surface area contributed by atoms with E-state index in [9.17, 15) is 0 Å². The molecule has 2 fully saturated rings. The van der Waals surface area contributed by atoms with E-state index in [0.29, 0.717) is 0 Å². The van der Waals surface area contributed by atoms with Crippen LogP contribution >= 0.6 is 7.92 Å². The number of benzene rings is 3. The van der Waals surface area contributed by atoms with Crippen LogP contribution in [0.4, 0.5) is 0 Å². The summed E-state index contributed by atoms with van der Waals surface area (Å²) in [6.45, 7) is 0. The van der Waals surface area contributed by atoms with Crippen LogP contribution in [0.25, 0.3) is 0 Å². The summed E-state index contributed by atoms with van der Waals surface area (Å²) in [5.41, 5.74) is 0. The molecule has 2 saturated carbocycles. The second-order valence-corrected chi connectivity index (χ2v) is 8.77. The van der Waals surface area contributed by atoms with Crippen molar-refractivity contribution in [1.82, 2.24) is 0 Å². The molecule has 0 spiro atoms. The third kappa shape index (κ3) is 11.1. The predicted octanol–water partition coefficient (Wildman–Crippen LogP) is 5.33. The fourth-order valence-electron chi connectivity index (χ4n) is 2.95. The standard InChI is InChI=1S/C18H15P.C6H7O.C5H4.Au.Fe/c1-4-10-16(11-5-1)19(17-12-6-2-7-13-17)18-14-8-3-9-15-18;1-7-6-4-2-3-5-6;1-2-4-5-3-1;;/h1-15H;2-5H,1H3;1-4H;;/q;;-1;+1;. The zero-order valence-electron chi connectivity index (χ0n) is 18.3. The van der Waals surface area contributed by atoms with E-state index in [1.807, 2.05) is 51.4 Å². The minimum atomic E-state index is -0.446. The van der Waals surface area contributed by atoms with Crippen molar-refractivity contribution in [3.8, 4) is 0 Å². The van der Waals surface area contributed by atoms with E-state index in [-0.39, 0.29) is 39.4 Å². The Balaban J connectivity index is 0.000000321. The Labute approximate surface area is 228 Å². The van der Waals surface area contributed by atoms with Crippen molar-refractivity contribution in [2.45, 2.75) is 0 Å². The van der Waals surface area contributed by atoms with E-state index in [2.05, 4.69) is 97.4 Å². The number of hydrogen-bond donors (Lipinski definition) is 0. The topological polar surface area (TPSA) is 9.23 Å². The molecular formula is C29H26AuFeOP. The Kier molecular flexibility index (Phi) is 17.1. The maximum Gasteiger partial charge on any atom is 1.00 e. The van der Waals surface area contributed by atoms with Crippen molar-refractivity contribution < 1.29 is 44.2 Å². The van der Waals surface area contributed by atoms with Gasteiger partial charge in [0.2, 0.25) is 0 Å². The van der Waals surface area contributed by atoms with Crippen LogP contribution in [0.1, 0.15) is 0 Å². The van der Waals surface area contributed by atoms with Gasteiger partial charge in [-0.3, -0.25) is 0 Å². The van der Waals surface area contributed by atoms with Crippen molar-refractivity contribution >= 4 is 23.8 Å². The van der Waals surface area contributed by atoms with E-state index in [0.717, 1.165) is 6.10 Å². The fourth-order valence-corrected chi connectivity index (χ4v) is 5.25. The molecule has 0 heterocycles. The van der Waals surface area contributed by atoms with Crippen LogP contribution < -0.4 is 15.9 Å². The van der Waals surface area contributed by atoms with Gasteiger partial charge in [0.15, 0.2) is 0 Å². The summed E-state index contributed by atoms with van der Waals surface area (Å²) in [5.74, 6) is 0. The van der Waals surface area contributed by atoms with Crippen LogP contribution in [0, 0.1) is 63.9 Å². The molecule has 2 aliphatic carbocycles. The van der Waals surface area contributed by atoms with Gasteiger partial charge >= 0.3 is 22.4 Å². The largest absolute Gasteiger partial charge is 1.00 e. The summed E-state index contributed by atoms with van der Waals surface area (Å²) < 4.78 is 4.85. The minimum Gasteiger partial charge on any atom is -0.474 e. The summed E-state index contributed by atoms with van der Waals surface area (Å²) in [5, 5.41) is 4.19. The van der Waals surface area contributed by atoms with Crippen molar-refractivity contribution in [3.05, 3.63) is 155 Å². The first-order valence-electron chi connectivity index (χ1n) is 10.2. The molecule has 3 aromatic carbocycles. The number of hydrogen-bond acceptors (Lipinski definition) is 1. The van der Waals surface area contributed by atoms with Crippen LogP contribution in [-0.4, -0.2) is 7.11 Å². The Morgan fingerprint density at radius 2 is 0.939 bits per heavy atom. The molecule has 0 aliphatic heterocycles. The molecule has 0 saturated heterocycles. The maximum absolute atomic E-state index is 4.85. The monoisotopic (exact) mass is 674 g/mol. The second-order valence-electron chi connectivity index (χ2n) is 6.55. The van der Waals surface area contributed by atoms with Gasteiger partial charge in [-0.25, -0.2) is 12.8 Å². The van der Waals surface area contributed by atoms with Crippen LogP contribution in [0.2, 0.25) is 0 Å². The molecular weight excluding hydrogens is 648 g/mol. The van der Waals surface area contributed by atoms with Crippen molar-refractivity contribution in [1.29, 1.82) is 0 Å². The molecule has 0 amide bonds. The Hall–Kier alpha value is -0.690. The second kappa shape index (κ2) is 18.6. The molecule has 0 bridgehead atoms. The van der Waals surface area contributed by atoms with Gasteiger partial charge in [-0.15, -0.1) is 0 Å². The average Bonchev–Trinajstić information content (AvgIpc) is 3.59. The molecule has 0 unspecified atom stereocenters. The Morgan fingerprint density at radius 1 is 0.576 bits per heavy atom. The van der Waals surface area contributed by atoms with Crippen molar-refractivity contribution in [2.75, 3.05) is 7.11 Å². The maximum atomic E-state index is 4.85. The summed E-state index contributed by atoms with van der Waals surface area (Å²) in [7, 11) is 1.22. The third-order valence-corrected chi connectivity index (χ3v) is 6.85. The first kappa shape index (κ1) is 30.3. The molecule has 3 aromatic rings. The molecule has 0 aromatic heterocycles. The van der Waals surface area contributed by atoms with Gasteiger partial charge in [0.05, 0.1) is 0 Å². The summed E-state index contributed by atoms with van der Waals surface area (Å²) >= 11 is 0. The Morgan fingerprint density at radius 3 is 1.18 bits per heavy atom. The van der Waals surface area contributed by atoms with Crippen molar-refractivity contribution in [2.24, 2.45) is 0 Å². The smallest absolute Gasteiger partial charge is 0.474 e. The minimum absolute atomic E-state index is 0. The third-order valence-electron chi connectivity index (χ3n) is 4.41. The predicted molar refractivity (Wildman–Crippen MR) is 133 cm³/mol. The molecule has 33 heavy (non-hydrogen) atoms.